The molecule has 31 heavy (non-hydrogen) atoms. The highest BCUT2D eigenvalue weighted by Crippen LogP contribution is 2.27. The molecule has 0 unspecified atom stereocenters. The van der Waals surface area contributed by atoms with Crippen molar-refractivity contribution in [2.45, 2.75) is 4.90 Å². The lowest BCUT2D eigenvalue weighted by atomic mass is 10.2. The summed E-state index contributed by atoms with van der Waals surface area (Å²) in [4.78, 5) is 14.3. The number of nitrogens with zero attached hydrogens (tertiary/aromatic N) is 3. The van der Waals surface area contributed by atoms with Gasteiger partial charge < -0.3 is 9.84 Å². The van der Waals surface area contributed by atoms with Crippen LogP contribution in [0.5, 0.6) is 11.5 Å². The van der Waals surface area contributed by atoms with Crippen LogP contribution in [0.25, 0.3) is 0 Å². The number of carbonyl (C=O) groups is 1. The normalized spacial score (nSPS) is 15.8. The highest BCUT2D eigenvalue weighted by Gasteiger charge is 2.28. The van der Waals surface area contributed by atoms with Crippen molar-refractivity contribution < 1.29 is 23.1 Å². The molecule has 0 aromatic heterocycles. The van der Waals surface area contributed by atoms with Gasteiger partial charge in [0.05, 0.1) is 24.8 Å². The third-order valence-corrected chi connectivity index (χ3v) is 7.23. The number of hydrogen-bond acceptors (Lipinski definition) is 7. The van der Waals surface area contributed by atoms with E-state index >= 15 is 0 Å². The number of ether oxygens (including phenoxy) is 1. The molecule has 166 valence electrons. The molecule has 0 bridgehead atoms. The largest absolute Gasteiger partial charge is 0.504 e. The Kier molecular flexibility index (Phi) is 7.65. The van der Waals surface area contributed by atoms with E-state index in [1.807, 2.05) is 4.90 Å². The lowest BCUT2D eigenvalue weighted by Gasteiger charge is -2.33. The Morgan fingerprint density at radius 1 is 1.19 bits per heavy atom. The van der Waals surface area contributed by atoms with Crippen molar-refractivity contribution in [1.82, 2.24) is 14.6 Å². The molecule has 0 spiro atoms. The average molecular weight is 511 g/mol. The molecule has 0 aliphatic carbocycles. The van der Waals surface area contributed by atoms with Gasteiger partial charge in [0.2, 0.25) is 10.0 Å². The fraction of sp³-hybridized carbons (Fsp3) is 0.300. The van der Waals surface area contributed by atoms with Crippen LogP contribution in [-0.2, 0) is 14.8 Å². The summed E-state index contributed by atoms with van der Waals surface area (Å²) in [6.07, 6.45) is 1.33. The number of para-hydroxylation sites is 1. The minimum Gasteiger partial charge on any atom is -0.504 e. The fourth-order valence-electron chi connectivity index (χ4n) is 3.10. The van der Waals surface area contributed by atoms with Gasteiger partial charge in [-0.05, 0) is 36.4 Å². The SMILES string of the molecule is COc1cccc(/C=N\NC(=O)CN2CCN(S(=O)(=O)c3ccc(Br)cc3)CC2)c1O. The minimum atomic E-state index is -3.56. The number of sulfonamides is 1. The van der Waals surface area contributed by atoms with Crippen molar-refractivity contribution in [1.29, 1.82) is 0 Å². The molecule has 1 heterocycles. The van der Waals surface area contributed by atoms with Crippen LogP contribution in [0.2, 0.25) is 0 Å². The number of hydrogen-bond donors (Lipinski definition) is 2. The van der Waals surface area contributed by atoms with Crippen LogP contribution in [0, 0.1) is 0 Å². The van der Waals surface area contributed by atoms with Crippen molar-refractivity contribution >= 4 is 38.1 Å². The lowest BCUT2D eigenvalue weighted by molar-refractivity contribution is -0.122. The Bertz CT molecular complexity index is 1050. The molecule has 0 atom stereocenters. The van der Waals surface area contributed by atoms with Crippen molar-refractivity contribution in [3.8, 4) is 11.5 Å². The van der Waals surface area contributed by atoms with Crippen molar-refractivity contribution in [2.75, 3.05) is 39.8 Å². The van der Waals surface area contributed by atoms with Gasteiger partial charge in [0.25, 0.3) is 5.91 Å². The summed E-state index contributed by atoms with van der Waals surface area (Å²) in [6.45, 7) is 1.56. The minimum absolute atomic E-state index is 0.0638. The first-order valence-corrected chi connectivity index (χ1v) is 11.7. The number of methoxy groups -OCH3 is 1. The molecule has 3 rings (SSSR count). The Balaban J connectivity index is 1.49. The van der Waals surface area contributed by atoms with Gasteiger partial charge >= 0.3 is 0 Å². The summed E-state index contributed by atoms with van der Waals surface area (Å²) in [7, 11) is -2.11. The standard InChI is InChI=1S/C20H23BrN4O5S/c1-30-18-4-2-3-15(20(18)27)13-22-23-19(26)14-24-9-11-25(12-10-24)31(28,29)17-7-5-16(21)6-8-17/h2-8,13,27H,9-12,14H2,1H3,(H,23,26)/b22-13-. The Morgan fingerprint density at radius 2 is 1.87 bits per heavy atom. The molecule has 0 saturated carbocycles. The highest BCUT2D eigenvalue weighted by atomic mass is 79.9. The second-order valence-corrected chi connectivity index (χ2v) is 9.68. The predicted octanol–water partition coefficient (Wildman–Crippen LogP) is 1.62. The number of carbonyl (C=O) groups excluding carboxylic acids is 1. The number of halogens is 1. The zero-order valence-corrected chi connectivity index (χ0v) is 19.3. The first-order valence-electron chi connectivity index (χ1n) is 9.47. The van der Waals surface area contributed by atoms with Gasteiger partial charge in [0.1, 0.15) is 0 Å². The molecule has 0 radical (unpaired) electrons. The molecular weight excluding hydrogens is 488 g/mol. The van der Waals surface area contributed by atoms with Crippen LogP contribution in [0.4, 0.5) is 0 Å². The quantitative estimate of drug-likeness (QED) is 0.432. The summed E-state index contributed by atoms with van der Waals surface area (Å²) in [5.41, 5.74) is 2.83. The molecular formula is C20H23BrN4O5S. The third-order valence-electron chi connectivity index (χ3n) is 4.79. The molecule has 11 heteroatoms. The van der Waals surface area contributed by atoms with Crippen LogP contribution in [0.1, 0.15) is 5.56 Å². The van der Waals surface area contributed by atoms with E-state index in [2.05, 4.69) is 26.5 Å². The number of piperazine rings is 1. The molecule has 1 fully saturated rings. The van der Waals surface area contributed by atoms with Gasteiger partial charge in [-0.2, -0.15) is 9.41 Å². The van der Waals surface area contributed by atoms with Gasteiger partial charge in [0.15, 0.2) is 11.5 Å². The predicted molar refractivity (Wildman–Crippen MR) is 120 cm³/mol. The lowest BCUT2D eigenvalue weighted by Crippen LogP contribution is -2.50. The van der Waals surface area contributed by atoms with E-state index in [-0.39, 0.29) is 23.1 Å². The summed E-state index contributed by atoms with van der Waals surface area (Å²) < 4.78 is 32.7. The Hall–Kier alpha value is -2.47. The van der Waals surface area contributed by atoms with Gasteiger partial charge in [-0.15, -0.1) is 0 Å². The summed E-state index contributed by atoms with van der Waals surface area (Å²) in [5, 5.41) is 13.9. The van der Waals surface area contributed by atoms with E-state index in [1.165, 1.54) is 17.6 Å². The first kappa shape index (κ1) is 23.2. The number of nitrogens with one attached hydrogen (secondary N) is 1. The van der Waals surface area contributed by atoms with Crippen LogP contribution in [0.3, 0.4) is 0 Å². The number of amides is 1. The Morgan fingerprint density at radius 3 is 2.52 bits per heavy atom. The van der Waals surface area contributed by atoms with E-state index in [0.29, 0.717) is 37.5 Å². The molecule has 2 aromatic rings. The number of benzene rings is 2. The average Bonchev–Trinajstić information content (AvgIpc) is 2.75. The fourth-order valence-corrected chi connectivity index (χ4v) is 4.79. The van der Waals surface area contributed by atoms with Gasteiger partial charge in [-0.25, -0.2) is 13.8 Å². The van der Waals surface area contributed by atoms with Crippen molar-refractivity contribution in [2.24, 2.45) is 5.10 Å². The van der Waals surface area contributed by atoms with E-state index in [4.69, 9.17) is 4.74 Å². The van der Waals surface area contributed by atoms with Crippen LogP contribution < -0.4 is 10.2 Å². The van der Waals surface area contributed by atoms with Crippen LogP contribution >= 0.6 is 15.9 Å². The molecule has 9 nitrogen and oxygen atoms in total. The highest BCUT2D eigenvalue weighted by molar-refractivity contribution is 9.10. The van der Waals surface area contributed by atoms with Crippen molar-refractivity contribution in [3.63, 3.8) is 0 Å². The van der Waals surface area contributed by atoms with Gasteiger partial charge in [-0.3, -0.25) is 9.69 Å². The number of aromatic hydroxyl groups is 1. The molecule has 1 amide bonds. The number of phenols is 1. The first-order chi connectivity index (χ1) is 14.8. The molecule has 1 saturated heterocycles. The van der Waals surface area contributed by atoms with Crippen molar-refractivity contribution in [3.05, 3.63) is 52.5 Å². The van der Waals surface area contributed by atoms with Gasteiger partial charge in [-0.1, -0.05) is 22.0 Å². The topological polar surface area (TPSA) is 112 Å². The second kappa shape index (κ2) is 10.2. The second-order valence-electron chi connectivity index (χ2n) is 6.83. The van der Waals surface area contributed by atoms with E-state index < -0.39 is 10.0 Å². The summed E-state index contributed by atoms with van der Waals surface area (Å²) >= 11 is 3.30. The number of phenolic OH excluding ortho intramolecular Hbond substituents is 1. The molecule has 2 aromatic carbocycles. The summed E-state index contributed by atoms with van der Waals surface area (Å²) in [6, 6.07) is 11.5. The molecule has 1 aliphatic rings. The Labute approximate surface area is 189 Å². The monoisotopic (exact) mass is 510 g/mol. The number of hydrazone groups is 1. The maximum absolute atomic E-state index is 12.7. The summed E-state index contributed by atoms with van der Waals surface area (Å²) in [5.74, 6) is -0.0832. The van der Waals surface area contributed by atoms with E-state index in [9.17, 15) is 18.3 Å². The van der Waals surface area contributed by atoms with Gasteiger partial charge in [0, 0.05) is 36.2 Å². The zero-order chi connectivity index (χ0) is 22.4. The molecule has 1 aliphatic heterocycles. The maximum Gasteiger partial charge on any atom is 0.254 e. The van der Waals surface area contributed by atoms with Crippen LogP contribution in [-0.4, -0.2) is 74.7 Å². The maximum atomic E-state index is 12.7. The molecule has 2 N–H and O–H groups in total. The van der Waals surface area contributed by atoms with Crippen LogP contribution in [0.15, 0.2) is 56.9 Å². The smallest absolute Gasteiger partial charge is 0.254 e. The van der Waals surface area contributed by atoms with E-state index in [0.717, 1.165) is 4.47 Å². The van der Waals surface area contributed by atoms with E-state index in [1.54, 1.807) is 42.5 Å². The number of rotatable bonds is 7. The third kappa shape index (κ3) is 5.82. The zero-order valence-electron chi connectivity index (χ0n) is 16.9.